The summed E-state index contributed by atoms with van der Waals surface area (Å²) in [6.45, 7) is 6.31. The summed E-state index contributed by atoms with van der Waals surface area (Å²) in [4.78, 5) is 38.0. The standard InChI is InChI=1S/C58H96O6/c1-4-7-10-13-16-19-22-25-27-29-31-33-36-39-42-45-48-51-57(60)63-54-55(53-62-56(59)50-47-44-41-38-35-32-24-21-18-15-12-9-6-3)64-58(61)52-49-46-43-40-37-34-30-28-26-23-20-17-14-11-8-5-2/h8-9,11-12,15,17-18,20-21,24,26,28,34,37,43,46,55H,4-7,10,13-14,16,19,22-23,25,27,29-33,35-36,38-42,44-45,47-54H2,1-3H3/b11-8+,12-9+,18-15+,20-17+,24-21+,28-26+,37-34+,46-43+. The van der Waals surface area contributed by atoms with Crippen LogP contribution in [0.25, 0.3) is 0 Å². The van der Waals surface area contributed by atoms with Crippen LogP contribution in [0.15, 0.2) is 97.2 Å². The second-order valence-corrected chi connectivity index (χ2v) is 17.1. The largest absolute Gasteiger partial charge is 0.462 e. The number of carbonyl (C=O) groups is 3. The molecule has 64 heavy (non-hydrogen) atoms. The minimum absolute atomic E-state index is 0.113. The maximum atomic E-state index is 12.8. The van der Waals surface area contributed by atoms with Crippen LogP contribution < -0.4 is 0 Å². The second-order valence-electron chi connectivity index (χ2n) is 17.1. The van der Waals surface area contributed by atoms with Gasteiger partial charge in [-0.1, -0.05) is 240 Å². The first-order valence-electron chi connectivity index (χ1n) is 26.3. The minimum Gasteiger partial charge on any atom is -0.462 e. The molecule has 364 valence electrons. The Balaban J connectivity index is 4.49. The van der Waals surface area contributed by atoms with Crippen molar-refractivity contribution in [1.82, 2.24) is 0 Å². The number of allylic oxidation sites excluding steroid dienone is 16. The molecule has 0 amide bonds. The van der Waals surface area contributed by atoms with Crippen molar-refractivity contribution in [3.8, 4) is 0 Å². The summed E-state index contributed by atoms with van der Waals surface area (Å²) in [5.41, 5.74) is 0. The second kappa shape index (κ2) is 52.0. The van der Waals surface area contributed by atoms with Crippen LogP contribution in [0.3, 0.4) is 0 Å². The van der Waals surface area contributed by atoms with E-state index in [0.717, 1.165) is 96.3 Å². The number of hydrogen-bond donors (Lipinski definition) is 0. The van der Waals surface area contributed by atoms with Crippen LogP contribution in [0.4, 0.5) is 0 Å². The van der Waals surface area contributed by atoms with Crippen LogP contribution in [0.2, 0.25) is 0 Å². The molecule has 0 aliphatic heterocycles. The lowest BCUT2D eigenvalue weighted by molar-refractivity contribution is -0.166. The van der Waals surface area contributed by atoms with Gasteiger partial charge < -0.3 is 14.2 Å². The Hall–Kier alpha value is -3.67. The molecule has 6 heteroatoms. The van der Waals surface area contributed by atoms with Crippen LogP contribution >= 0.6 is 0 Å². The number of hydrogen-bond acceptors (Lipinski definition) is 6. The zero-order valence-electron chi connectivity index (χ0n) is 41.5. The molecule has 0 spiro atoms. The highest BCUT2D eigenvalue weighted by atomic mass is 16.6. The van der Waals surface area contributed by atoms with E-state index in [1.165, 1.54) is 89.9 Å². The van der Waals surface area contributed by atoms with Crippen LogP contribution in [0.1, 0.15) is 233 Å². The monoisotopic (exact) mass is 889 g/mol. The zero-order chi connectivity index (χ0) is 46.5. The summed E-state index contributed by atoms with van der Waals surface area (Å²) < 4.78 is 16.7. The average Bonchev–Trinajstić information content (AvgIpc) is 3.29. The molecule has 0 heterocycles. The van der Waals surface area contributed by atoms with Gasteiger partial charge in [0.15, 0.2) is 6.10 Å². The van der Waals surface area contributed by atoms with Crippen LogP contribution in [-0.4, -0.2) is 37.2 Å². The van der Waals surface area contributed by atoms with Crippen molar-refractivity contribution in [3.63, 3.8) is 0 Å². The van der Waals surface area contributed by atoms with Gasteiger partial charge in [-0.2, -0.15) is 0 Å². The molecule has 0 saturated carbocycles. The lowest BCUT2D eigenvalue weighted by Gasteiger charge is -2.18. The summed E-state index contributed by atoms with van der Waals surface area (Å²) in [6, 6.07) is 0. The first-order valence-corrected chi connectivity index (χ1v) is 26.3. The minimum atomic E-state index is -0.824. The SMILES string of the molecule is CC/C=C/C=C/C=C/CCCCCCCC(=O)OCC(COC(=O)CCCCCCCCCCCCCCCCCCC)OC(=O)CC/C=C/C/C=C/C/C=C/C/C=C/C/C=C/CC. The van der Waals surface area contributed by atoms with Crippen molar-refractivity contribution in [2.45, 2.75) is 239 Å². The number of unbranched alkanes of at least 4 members (excludes halogenated alkanes) is 21. The lowest BCUT2D eigenvalue weighted by atomic mass is 10.0. The first-order chi connectivity index (χ1) is 31.5. The van der Waals surface area contributed by atoms with Crippen molar-refractivity contribution in [1.29, 1.82) is 0 Å². The van der Waals surface area contributed by atoms with E-state index in [9.17, 15) is 14.4 Å². The molecule has 6 nitrogen and oxygen atoms in total. The maximum Gasteiger partial charge on any atom is 0.306 e. The van der Waals surface area contributed by atoms with Gasteiger partial charge in [0.25, 0.3) is 0 Å². The Morgan fingerprint density at radius 3 is 1.16 bits per heavy atom. The summed E-state index contributed by atoms with van der Waals surface area (Å²) in [7, 11) is 0. The zero-order valence-corrected chi connectivity index (χ0v) is 41.5. The molecule has 0 aromatic carbocycles. The molecule has 0 aliphatic carbocycles. The van der Waals surface area contributed by atoms with E-state index in [-0.39, 0.29) is 31.6 Å². The van der Waals surface area contributed by atoms with Gasteiger partial charge in [0.05, 0.1) is 0 Å². The normalized spacial score (nSPS) is 12.9. The highest BCUT2D eigenvalue weighted by Gasteiger charge is 2.19. The van der Waals surface area contributed by atoms with E-state index < -0.39 is 12.1 Å². The predicted octanol–water partition coefficient (Wildman–Crippen LogP) is 17.4. The van der Waals surface area contributed by atoms with Gasteiger partial charge in [0, 0.05) is 19.3 Å². The van der Waals surface area contributed by atoms with Crippen molar-refractivity contribution in [2.75, 3.05) is 13.2 Å². The molecule has 0 aliphatic rings. The van der Waals surface area contributed by atoms with E-state index >= 15 is 0 Å². The summed E-state index contributed by atoms with van der Waals surface area (Å²) in [5.74, 6) is -1.02. The van der Waals surface area contributed by atoms with E-state index in [0.29, 0.717) is 19.3 Å². The molecule has 1 atom stereocenters. The Morgan fingerprint density at radius 2 is 0.719 bits per heavy atom. The maximum absolute atomic E-state index is 12.8. The molecule has 1 unspecified atom stereocenters. The fourth-order valence-corrected chi connectivity index (χ4v) is 7.02. The highest BCUT2D eigenvalue weighted by molar-refractivity contribution is 5.71. The van der Waals surface area contributed by atoms with E-state index in [1.807, 2.05) is 12.2 Å². The average molecular weight is 889 g/mol. The molecule has 0 aromatic heterocycles. The quantitative estimate of drug-likeness (QED) is 0.0199. The molecule has 0 bridgehead atoms. The molecule has 0 N–H and O–H groups in total. The van der Waals surface area contributed by atoms with Gasteiger partial charge in [-0.15, -0.1) is 0 Å². The van der Waals surface area contributed by atoms with Gasteiger partial charge >= 0.3 is 17.9 Å². The van der Waals surface area contributed by atoms with Gasteiger partial charge in [-0.25, -0.2) is 0 Å². The Labute approximate surface area is 394 Å². The van der Waals surface area contributed by atoms with Gasteiger partial charge in [-0.05, 0) is 70.6 Å². The molecule has 0 radical (unpaired) electrons. The summed E-state index contributed by atoms with van der Waals surface area (Å²) >= 11 is 0. The smallest absolute Gasteiger partial charge is 0.306 e. The Bertz CT molecular complexity index is 1300. The summed E-state index contributed by atoms with van der Waals surface area (Å²) in [6.07, 6.45) is 68.4. The first kappa shape index (κ1) is 60.3. The lowest BCUT2D eigenvalue weighted by Crippen LogP contribution is -2.30. The molecule has 0 rings (SSSR count). The van der Waals surface area contributed by atoms with Gasteiger partial charge in [0.1, 0.15) is 13.2 Å². The van der Waals surface area contributed by atoms with Crippen molar-refractivity contribution in [2.24, 2.45) is 0 Å². The number of ether oxygens (including phenoxy) is 3. The molecule has 0 saturated heterocycles. The summed E-state index contributed by atoms with van der Waals surface area (Å²) in [5, 5.41) is 0. The third-order valence-corrected chi connectivity index (χ3v) is 10.9. The van der Waals surface area contributed by atoms with E-state index in [2.05, 4.69) is 106 Å². The number of rotatable bonds is 46. The van der Waals surface area contributed by atoms with Gasteiger partial charge in [-0.3, -0.25) is 14.4 Å². The van der Waals surface area contributed by atoms with Crippen LogP contribution in [0, 0.1) is 0 Å². The molecule has 0 fully saturated rings. The highest BCUT2D eigenvalue weighted by Crippen LogP contribution is 2.15. The topological polar surface area (TPSA) is 78.9 Å². The number of esters is 3. The third-order valence-electron chi connectivity index (χ3n) is 10.9. The Morgan fingerprint density at radius 1 is 0.344 bits per heavy atom. The van der Waals surface area contributed by atoms with E-state index in [4.69, 9.17) is 14.2 Å². The van der Waals surface area contributed by atoms with Crippen LogP contribution in [-0.2, 0) is 28.6 Å². The van der Waals surface area contributed by atoms with Crippen molar-refractivity contribution >= 4 is 17.9 Å². The van der Waals surface area contributed by atoms with Crippen LogP contribution in [0.5, 0.6) is 0 Å². The predicted molar refractivity (Wildman–Crippen MR) is 274 cm³/mol. The fourth-order valence-electron chi connectivity index (χ4n) is 7.02. The third kappa shape index (κ3) is 49.3. The van der Waals surface area contributed by atoms with Crippen molar-refractivity contribution < 1.29 is 28.6 Å². The molecular weight excluding hydrogens is 793 g/mol. The van der Waals surface area contributed by atoms with Crippen molar-refractivity contribution in [3.05, 3.63) is 97.2 Å². The molecular formula is C58H96O6. The number of carbonyl (C=O) groups excluding carboxylic acids is 3. The molecule has 0 aromatic rings. The fraction of sp³-hybridized carbons (Fsp3) is 0.672. The van der Waals surface area contributed by atoms with Gasteiger partial charge in [0.2, 0.25) is 0 Å². The Kier molecular flexibility index (Phi) is 49.0. The van der Waals surface area contributed by atoms with E-state index in [1.54, 1.807) is 0 Å².